The van der Waals surface area contributed by atoms with Crippen LogP contribution in [0.4, 0.5) is 5.69 Å². The summed E-state index contributed by atoms with van der Waals surface area (Å²) in [5.41, 5.74) is 0.461. The average Bonchev–Trinajstić information content (AvgIpc) is 2.47. The molecule has 4 nitrogen and oxygen atoms in total. The Morgan fingerprint density at radius 2 is 1.81 bits per heavy atom. The molecular weight excluding hydrogens is 330 g/mol. The smallest absolute Gasteiger partial charge is 0.263 e. The first kappa shape index (κ1) is 16.0. The first-order chi connectivity index (χ1) is 9.96. The maximum absolute atomic E-state index is 12.5. The first-order valence-corrected chi connectivity index (χ1v) is 9.05. The van der Waals surface area contributed by atoms with Crippen LogP contribution in [0.1, 0.15) is 0 Å². The molecule has 0 saturated heterocycles. The fraction of sp³-hybridized carbons (Fsp3) is 0.143. The SMILES string of the molecule is COc1ccc(NS(=O)(=O)c2cc(Cl)ccc2SC)cc1. The molecule has 112 valence electrons. The normalized spacial score (nSPS) is 11.2. The van der Waals surface area contributed by atoms with Gasteiger partial charge < -0.3 is 4.74 Å². The number of nitrogens with one attached hydrogen (secondary N) is 1. The fourth-order valence-corrected chi connectivity index (χ4v) is 4.18. The third-order valence-corrected chi connectivity index (χ3v) is 5.34. The zero-order chi connectivity index (χ0) is 15.5. The van der Waals surface area contributed by atoms with Crippen molar-refractivity contribution in [3.63, 3.8) is 0 Å². The van der Waals surface area contributed by atoms with Crippen molar-refractivity contribution in [2.45, 2.75) is 9.79 Å². The molecule has 0 saturated carbocycles. The van der Waals surface area contributed by atoms with Crippen LogP contribution in [0.15, 0.2) is 52.3 Å². The summed E-state index contributed by atoms with van der Waals surface area (Å²) in [5.74, 6) is 0.658. The van der Waals surface area contributed by atoms with Gasteiger partial charge >= 0.3 is 0 Å². The number of hydrogen-bond donors (Lipinski definition) is 1. The van der Waals surface area contributed by atoms with Crippen molar-refractivity contribution in [1.29, 1.82) is 0 Å². The van der Waals surface area contributed by atoms with E-state index in [9.17, 15) is 8.42 Å². The van der Waals surface area contributed by atoms with E-state index in [2.05, 4.69) is 4.72 Å². The van der Waals surface area contributed by atoms with Gasteiger partial charge in [-0.15, -0.1) is 11.8 Å². The summed E-state index contributed by atoms with van der Waals surface area (Å²) in [6.07, 6.45) is 1.82. The molecule has 0 radical (unpaired) electrons. The van der Waals surface area contributed by atoms with Crippen molar-refractivity contribution in [2.24, 2.45) is 0 Å². The molecule has 0 aliphatic carbocycles. The Balaban J connectivity index is 2.35. The summed E-state index contributed by atoms with van der Waals surface area (Å²) in [6.45, 7) is 0. The number of ether oxygens (including phenoxy) is 1. The van der Waals surface area contributed by atoms with Crippen LogP contribution in [-0.2, 0) is 10.0 Å². The lowest BCUT2D eigenvalue weighted by atomic mass is 10.3. The summed E-state index contributed by atoms with van der Waals surface area (Å²) in [4.78, 5) is 0.804. The molecule has 0 aliphatic heterocycles. The summed E-state index contributed by atoms with van der Waals surface area (Å²) in [6, 6.07) is 11.4. The van der Waals surface area contributed by atoms with Crippen LogP contribution in [0.25, 0.3) is 0 Å². The number of benzene rings is 2. The van der Waals surface area contributed by atoms with E-state index in [0.29, 0.717) is 21.4 Å². The van der Waals surface area contributed by atoms with Gasteiger partial charge in [0.05, 0.1) is 7.11 Å². The van der Waals surface area contributed by atoms with Crippen molar-refractivity contribution in [3.8, 4) is 5.75 Å². The lowest BCUT2D eigenvalue weighted by Gasteiger charge is -2.12. The van der Waals surface area contributed by atoms with Gasteiger partial charge in [-0.25, -0.2) is 8.42 Å². The van der Waals surface area contributed by atoms with Crippen molar-refractivity contribution < 1.29 is 13.2 Å². The summed E-state index contributed by atoms with van der Waals surface area (Å²) in [7, 11) is -2.14. The largest absolute Gasteiger partial charge is 0.497 e. The van der Waals surface area contributed by atoms with E-state index in [0.717, 1.165) is 0 Å². The fourth-order valence-electron chi connectivity index (χ4n) is 1.73. The molecule has 0 atom stereocenters. The molecule has 2 rings (SSSR count). The zero-order valence-electron chi connectivity index (χ0n) is 11.5. The van der Waals surface area contributed by atoms with E-state index in [1.165, 1.54) is 17.8 Å². The Kier molecular flexibility index (Phi) is 5.03. The molecule has 0 heterocycles. The maximum Gasteiger partial charge on any atom is 0.263 e. The Bertz CT molecular complexity index is 730. The molecule has 1 N–H and O–H groups in total. The maximum atomic E-state index is 12.5. The van der Waals surface area contributed by atoms with Gasteiger partial charge in [-0.05, 0) is 48.7 Å². The molecule has 0 aliphatic rings. The molecule has 0 bridgehead atoms. The lowest BCUT2D eigenvalue weighted by molar-refractivity contribution is 0.415. The molecule has 2 aromatic rings. The van der Waals surface area contributed by atoms with Gasteiger partial charge in [0.25, 0.3) is 10.0 Å². The topological polar surface area (TPSA) is 55.4 Å². The van der Waals surface area contributed by atoms with Gasteiger partial charge in [-0.1, -0.05) is 11.6 Å². The zero-order valence-corrected chi connectivity index (χ0v) is 13.8. The second-order valence-corrected chi connectivity index (χ2v) is 7.06. The third kappa shape index (κ3) is 3.84. The summed E-state index contributed by atoms with van der Waals surface area (Å²) < 4.78 is 32.5. The second kappa shape index (κ2) is 6.60. The van der Waals surface area contributed by atoms with Crippen LogP contribution in [0.2, 0.25) is 5.02 Å². The van der Waals surface area contributed by atoms with E-state index in [-0.39, 0.29) is 4.90 Å². The van der Waals surface area contributed by atoms with Crippen molar-refractivity contribution in [3.05, 3.63) is 47.5 Å². The highest BCUT2D eigenvalue weighted by atomic mass is 35.5. The number of sulfonamides is 1. The van der Waals surface area contributed by atoms with Crippen molar-refractivity contribution >= 4 is 39.1 Å². The monoisotopic (exact) mass is 343 g/mol. The lowest BCUT2D eigenvalue weighted by Crippen LogP contribution is -2.13. The standard InChI is InChI=1S/C14H14ClNO3S2/c1-19-12-6-4-11(5-7-12)16-21(17,18)14-9-10(15)3-8-13(14)20-2/h3-9,16H,1-2H3. The van der Waals surface area contributed by atoms with Crippen LogP contribution < -0.4 is 9.46 Å². The van der Waals surface area contributed by atoms with E-state index in [1.54, 1.807) is 43.5 Å². The van der Waals surface area contributed by atoms with Crippen LogP contribution in [-0.4, -0.2) is 21.8 Å². The highest BCUT2D eigenvalue weighted by Gasteiger charge is 2.19. The number of halogens is 1. The summed E-state index contributed by atoms with van der Waals surface area (Å²) >= 11 is 7.25. The molecule has 0 unspecified atom stereocenters. The second-order valence-electron chi connectivity index (χ2n) is 4.13. The number of hydrogen-bond acceptors (Lipinski definition) is 4. The Labute approximate surface area is 133 Å². The van der Waals surface area contributed by atoms with E-state index in [4.69, 9.17) is 16.3 Å². The van der Waals surface area contributed by atoms with Crippen LogP contribution in [0, 0.1) is 0 Å². The Hall–Kier alpha value is -1.37. The number of methoxy groups -OCH3 is 1. The third-order valence-electron chi connectivity index (χ3n) is 2.76. The minimum atomic E-state index is -3.69. The minimum Gasteiger partial charge on any atom is -0.497 e. The molecule has 0 amide bonds. The van der Waals surface area contributed by atoms with Crippen LogP contribution in [0.3, 0.4) is 0 Å². The predicted molar refractivity (Wildman–Crippen MR) is 87.0 cm³/mol. The van der Waals surface area contributed by atoms with Crippen molar-refractivity contribution in [2.75, 3.05) is 18.1 Å². The van der Waals surface area contributed by atoms with Gasteiger partial charge in [0, 0.05) is 15.6 Å². The molecule has 0 fully saturated rings. The number of rotatable bonds is 5. The molecular formula is C14H14ClNO3S2. The average molecular weight is 344 g/mol. The molecule has 2 aromatic carbocycles. The Morgan fingerprint density at radius 3 is 2.38 bits per heavy atom. The highest BCUT2D eigenvalue weighted by molar-refractivity contribution is 7.99. The summed E-state index contributed by atoms with van der Waals surface area (Å²) in [5, 5.41) is 0.378. The molecule has 21 heavy (non-hydrogen) atoms. The van der Waals surface area contributed by atoms with Gasteiger partial charge in [0.2, 0.25) is 0 Å². The highest BCUT2D eigenvalue weighted by Crippen LogP contribution is 2.29. The van der Waals surface area contributed by atoms with Crippen LogP contribution >= 0.6 is 23.4 Å². The molecule has 0 aromatic heterocycles. The van der Waals surface area contributed by atoms with Crippen LogP contribution in [0.5, 0.6) is 5.75 Å². The van der Waals surface area contributed by atoms with E-state index < -0.39 is 10.0 Å². The number of anilines is 1. The van der Waals surface area contributed by atoms with E-state index in [1.807, 2.05) is 6.26 Å². The van der Waals surface area contributed by atoms with Crippen molar-refractivity contribution in [1.82, 2.24) is 0 Å². The minimum absolute atomic E-state index is 0.165. The predicted octanol–water partition coefficient (Wildman–Crippen LogP) is 3.87. The number of thioether (sulfide) groups is 1. The first-order valence-electron chi connectivity index (χ1n) is 5.96. The van der Waals surface area contributed by atoms with E-state index >= 15 is 0 Å². The van der Waals surface area contributed by atoms with Gasteiger partial charge in [0.15, 0.2) is 0 Å². The molecule has 0 spiro atoms. The van der Waals surface area contributed by atoms with Gasteiger partial charge in [-0.2, -0.15) is 0 Å². The Morgan fingerprint density at radius 1 is 1.14 bits per heavy atom. The molecule has 7 heteroatoms. The quantitative estimate of drug-likeness (QED) is 0.837. The van der Waals surface area contributed by atoms with Gasteiger partial charge in [-0.3, -0.25) is 4.72 Å². The van der Waals surface area contributed by atoms with Gasteiger partial charge in [0.1, 0.15) is 10.6 Å².